The highest BCUT2D eigenvalue weighted by atomic mass is 16.3. The van der Waals surface area contributed by atoms with Gasteiger partial charge in [-0.15, -0.1) is 0 Å². The lowest BCUT2D eigenvalue weighted by atomic mass is 9.37. The van der Waals surface area contributed by atoms with Crippen LogP contribution in [-0.2, 0) is 0 Å². The normalized spacial score (nSPS) is 54.1. The molecule has 5 rings (SSSR count). The highest BCUT2D eigenvalue weighted by Crippen LogP contribution is 2.71. The number of aliphatic hydroxyl groups excluding tert-OH is 1. The SMILES string of the molecule is CC1(C)CC[C@]2(C)CCC3C(=CCC4[C@@]3(C)CCC3C(C)(C)[C@@H](O)CC[C@@]34C)[C@@H]2C1. The predicted octanol–water partition coefficient (Wildman–Crippen LogP) is 7.78. The summed E-state index contributed by atoms with van der Waals surface area (Å²) in [4.78, 5) is 0. The van der Waals surface area contributed by atoms with Crippen molar-refractivity contribution in [1.82, 2.24) is 0 Å². The average molecular weight is 413 g/mol. The molecule has 0 amide bonds. The Kier molecular flexibility index (Phi) is 4.59. The van der Waals surface area contributed by atoms with Gasteiger partial charge >= 0.3 is 0 Å². The molecule has 1 heteroatoms. The van der Waals surface area contributed by atoms with E-state index in [0.717, 1.165) is 24.2 Å². The van der Waals surface area contributed by atoms with E-state index in [4.69, 9.17) is 0 Å². The number of fused-ring (bicyclic) bond motifs is 7. The standard InChI is InChI=1S/C29H48O/c1-25(2)16-17-27(5)13-10-20-19(21(27)18-25)8-9-23-28(20,6)14-11-22-26(3,4)24(30)12-15-29(22,23)7/h8,20-24,30H,9-18H2,1-7H3/t20?,21-,22?,23?,24-,27-,28-,29-/m0/s1. The third-order valence-corrected chi connectivity index (χ3v) is 12.2. The minimum absolute atomic E-state index is 0.0663. The average Bonchev–Trinajstić information content (AvgIpc) is 2.65. The van der Waals surface area contributed by atoms with Crippen molar-refractivity contribution in [2.75, 3.05) is 0 Å². The quantitative estimate of drug-likeness (QED) is 0.403. The van der Waals surface area contributed by atoms with Gasteiger partial charge in [-0.25, -0.2) is 0 Å². The monoisotopic (exact) mass is 412 g/mol. The van der Waals surface area contributed by atoms with Crippen molar-refractivity contribution in [3.8, 4) is 0 Å². The van der Waals surface area contributed by atoms with Gasteiger partial charge in [-0.05, 0) is 115 Å². The van der Waals surface area contributed by atoms with Gasteiger partial charge in [0.2, 0.25) is 0 Å². The first-order valence-electron chi connectivity index (χ1n) is 13.2. The van der Waals surface area contributed by atoms with Crippen LogP contribution in [0.25, 0.3) is 0 Å². The van der Waals surface area contributed by atoms with Crippen LogP contribution in [0.4, 0.5) is 0 Å². The fraction of sp³-hybridized carbons (Fsp3) is 0.931. The van der Waals surface area contributed by atoms with Crippen LogP contribution in [0.1, 0.15) is 113 Å². The van der Waals surface area contributed by atoms with Crippen molar-refractivity contribution in [2.45, 2.75) is 119 Å². The number of hydrogen-bond donors (Lipinski definition) is 1. The van der Waals surface area contributed by atoms with Gasteiger partial charge in [0, 0.05) is 0 Å². The van der Waals surface area contributed by atoms with Crippen molar-refractivity contribution >= 4 is 0 Å². The van der Waals surface area contributed by atoms with Crippen LogP contribution >= 0.6 is 0 Å². The molecule has 30 heavy (non-hydrogen) atoms. The molecule has 0 aromatic rings. The number of allylic oxidation sites excluding steroid dienone is 2. The number of hydrogen-bond acceptors (Lipinski definition) is 1. The molecule has 4 saturated carbocycles. The molecule has 0 aliphatic heterocycles. The van der Waals surface area contributed by atoms with E-state index in [0.29, 0.717) is 27.6 Å². The van der Waals surface area contributed by atoms with Crippen LogP contribution in [0, 0.1) is 50.7 Å². The van der Waals surface area contributed by atoms with E-state index in [-0.39, 0.29) is 11.5 Å². The van der Waals surface area contributed by atoms with Gasteiger partial charge in [0.25, 0.3) is 0 Å². The molecule has 4 fully saturated rings. The van der Waals surface area contributed by atoms with Crippen molar-refractivity contribution in [3.63, 3.8) is 0 Å². The Morgan fingerprint density at radius 1 is 0.733 bits per heavy atom. The van der Waals surface area contributed by atoms with E-state index in [1.807, 2.05) is 5.57 Å². The first-order chi connectivity index (χ1) is 13.8. The molecule has 5 aliphatic rings. The summed E-state index contributed by atoms with van der Waals surface area (Å²) in [7, 11) is 0. The van der Waals surface area contributed by atoms with Crippen LogP contribution in [0.5, 0.6) is 0 Å². The van der Waals surface area contributed by atoms with Crippen molar-refractivity contribution in [1.29, 1.82) is 0 Å². The zero-order valence-corrected chi connectivity index (χ0v) is 21.0. The van der Waals surface area contributed by atoms with Crippen molar-refractivity contribution in [2.24, 2.45) is 50.7 Å². The molecular formula is C29H48O. The summed E-state index contributed by atoms with van der Waals surface area (Å²) in [5, 5.41) is 10.8. The predicted molar refractivity (Wildman–Crippen MR) is 126 cm³/mol. The summed E-state index contributed by atoms with van der Waals surface area (Å²) in [6, 6.07) is 0. The zero-order chi connectivity index (χ0) is 21.7. The Morgan fingerprint density at radius 2 is 1.43 bits per heavy atom. The van der Waals surface area contributed by atoms with E-state index in [1.165, 1.54) is 57.8 Å². The zero-order valence-electron chi connectivity index (χ0n) is 21.0. The molecule has 0 aromatic carbocycles. The minimum Gasteiger partial charge on any atom is -0.393 e. The fourth-order valence-electron chi connectivity index (χ4n) is 10.2. The molecule has 0 saturated heterocycles. The molecule has 5 aliphatic carbocycles. The van der Waals surface area contributed by atoms with Gasteiger partial charge in [-0.2, -0.15) is 0 Å². The summed E-state index contributed by atoms with van der Waals surface area (Å²) in [5.41, 5.74) is 3.89. The summed E-state index contributed by atoms with van der Waals surface area (Å²) in [6.07, 6.45) is 16.0. The molecule has 8 atom stereocenters. The lowest BCUT2D eigenvalue weighted by Crippen LogP contribution is -2.61. The molecule has 170 valence electrons. The summed E-state index contributed by atoms with van der Waals surface area (Å²) in [6.45, 7) is 17.7. The molecule has 0 spiro atoms. The van der Waals surface area contributed by atoms with Crippen LogP contribution in [0.2, 0.25) is 0 Å². The van der Waals surface area contributed by atoms with Gasteiger partial charge in [0.15, 0.2) is 0 Å². The highest BCUT2D eigenvalue weighted by Gasteiger charge is 2.64. The molecule has 0 radical (unpaired) electrons. The van der Waals surface area contributed by atoms with Crippen LogP contribution in [0.15, 0.2) is 11.6 Å². The largest absolute Gasteiger partial charge is 0.393 e. The maximum Gasteiger partial charge on any atom is 0.0594 e. The second-order valence-electron chi connectivity index (χ2n) is 14.6. The Bertz CT molecular complexity index is 745. The highest BCUT2D eigenvalue weighted by molar-refractivity contribution is 5.28. The van der Waals surface area contributed by atoms with Gasteiger partial charge in [0.1, 0.15) is 0 Å². The van der Waals surface area contributed by atoms with Crippen LogP contribution in [-0.4, -0.2) is 11.2 Å². The molecule has 0 aromatic heterocycles. The van der Waals surface area contributed by atoms with Crippen LogP contribution in [0.3, 0.4) is 0 Å². The van der Waals surface area contributed by atoms with Crippen LogP contribution < -0.4 is 0 Å². The minimum atomic E-state index is -0.116. The van der Waals surface area contributed by atoms with E-state index in [9.17, 15) is 5.11 Å². The smallest absolute Gasteiger partial charge is 0.0594 e. The summed E-state index contributed by atoms with van der Waals surface area (Å²) >= 11 is 0. The fourth-order valence-corrected chi connectivity index (χ4v) is 10.2. The third-order valence-electron chi connectivity index (χ3n) is 12.2. The molecule has 0 bridgehead atoms. The van der Waals surface area contributed by atoms with Gasteiger partial charge < -0.3 is 5.11 Å². The maximum absolute atomic E-state index is 10.8. The summed E-state index contributed by atoms with van der Waals surface area (Å²) in [5.74, 6) is 3.11. The second kappa shape index (κ2) is 6.39. The van der Waals surface area contributed by atoms with Gasteiger partial charge in [0.05, 0.1) is 6.10 Å². The van der Waals surface area contributed by atoms with Crippen molar-refractivity contribution in [3.05, 3.63) is 11.6 Å². The van der Waals surface area contributed by atoms with Gasteiger partial charge in [-0.3, -0.25) is 0 Å². The Balaban J connectivity index is 1.52. The first-order valence-corrected chi connectivity index (χ1v) is 13.2. The van der Waals surface area contributed by atoms with E-state index >= 15 is 0 Å². The third kappa shape index (κ3) is 2.75. The topological polar surface area (TPSA) is 20.2 Å². The van der Waals surface area contributed by atoms with E-state index in [1.54, 1.807) is 0 Å². The molecule has 1 nitrogen and oxygen atoms in total. The van der Waals surface area contributed by atoms with E-state index in [2.05, 4.69) is 54.5 Å². The van der Waals surface area contributed by atoms with E-state index < -0.39 is 0 Å². The number of rotatable bonds is 0. The van der Waals surface area contributed by atoms with Gasteiger partial charge in [-0.1, -0.05) is 60.1 Å². The lowest BCUT2D eigenvalue weighted by Gasteiger charge is -2.68. The molecule has 0 heterocycles. The molecule has 3 unspecified atom stereocenters. The Hall–Kier alpha value is -0.300. The van der Waals surface area contributed by atoms with Crippen molar-refractivity contribution < 1.29 is 5.11 Å². The Morgan fingerprint density at radius 3 is 2.17 bits per heavy atom. The lowest BCUT2D eigenvalue weighted by molar-refractivity contribution is -0.185. The Labute approximate surface area is 186 Å². The number of aliphatic hydroxyl groups is 1. The maximum atomic E-state index is 10.8. The summed E-state index contributed by atoms with van der Waals surface area (Å²) < 4.78 is 0. The second-order valence-corrected chi connectivity index (χ2v) is 14.6. The molecular weight excluding hydrogens is 364 g/mol. The first kappa shape index (κ1) is 21.5. The molecule has 1 N–H and O–H groups in total.